The quantitative estimate of drug-likeness (QED) is 0.713. The minimum absolute atomic E-state index is 0.0958. The van der Waals surface area contributed by atoms with Gasteiger partial charge in [0.15, 0.2) is 5.82 Å². The molecule has 1 aliphatic rings. The van der Waals surface area contributed by atoms with Gasteiger partial charge in [-0.2, -0.15) is 0 Å². The number of anilines is 1. The number of hydrogen-bond acceptors (Lipinski definition) is 4. The van der Waals surface area contributed by atoms with E-state index >= 15 is 0 Å². The fraction of sp³-hybridized carbons (Fsp3) is 0.250. The van der Waals surface area contributed by atoms with Crippen molar-refractivity contribution in [3.63, 3.8) is 0 Å². The van der Waals surface area contributed by atoms with Gasteiger partial charge in [0.25, 0.3) is 0 Å². The molecule has 132 valence electrons. The van der Waals surface area contributed by atoms with E-state index in [1.807, 2.05) is 60.4 Å². The Hall–Kier alpha value is -2.60. The van der Waals surface area contributed by atoms with E-state index < -0.39 is 0 Å². The summed E-state index contributed by atoms with van der Waals surface area (Å²) in [4.78, 5) is 19.5. The third-order valence-corrected chi connectivity index (χ3v) is 5.54. The Morgan fingerprint density at radius 2 is 1.92 bits per heavy atom. The number of carbonyl (C=O) groups is 1. The van der Waals surface area contributed by atoms with Crippen molar-refractivity contribution in [2.45, 2.75) is 36.7 Å². The summed E-state index contributed by atoms with van der Waals surface area (Å²) in [5.41, 5.74) is 3.24. The smallest absolute Gasteiger partial charge is 0.240 e. The van der Waals surface area contributed by atoms with Crippen molar-refractivity contribution in [2.24, 2.45) is 0 Å². The van der Waals surface area contributed by atoms with Gasteiger partial charge in [-0.3, -0.25) is 9.89 Å². The van der Waals surface area contributed by atoms with Crippen LogP contribution >= 0.6 is 11.8 Å². The molecule has 0 saturated carbocycles. The van der Waals surface area contributed by atoms with E-state index in [-0.39, 0.29) is 17.2 Å². The van der Waals surface area contributed by atoms with Crippen LogP contribution in [-0.2, 0) is 11.2 Å². The van der Waals surface area contributed by atoms with Crippen LogP contribution in [0.25, 0.3) is 11.4 Å². The zero-order valence-electron chi connectivity index (χ0n) is 14.7. The highest BCUT2D eigenvalue weighted by Gasteiger charge is 2.33. The van der Waals surface area contributed by atoms with Gasteiger partial charge in [-0.05, 0) is 31.9 Å². The van der Waals surface area contributed by atoms with E-state index in [0.29, 0.717) is 11.0 Å². The third-order valence-electron chi connectivity index (χ3n) is 4.59. The van der Waals surface area contributed by atoms with Crippen molar-refractivity contribution in [1.29, 1.82) is 0 Å². The standard InChI is InChI=1S/C20H20N4OS/c1-13-12-16-10-6-7-11-17(16)24(13)19(25)14(2)26-20-21-18(22-23-20)15-8-4-3-5-9-15/h3-11,13-14H,12H2,1-2H3,(H,21,22,23)/t13-,14+/m0/s1. The highest BCUT2D eigenvalue weighted by atomic mass is 32.2. The zero-order valence-corrected chi connectivity index (χ0v) is 15.5. The number of rotatable bonds is 4. The summed E-state index contributed by atoms with van der Waals surface area (Å²) in [7, 11) is 0. The lowest BCUT2D eigenvalue weighted by Gasteiger charge is -2.25. The lowest BCUT2D eigenvalue weighted by molar-refractivity contribution is -0.118. The number of carbonyl (C=O) groups excluding carboxylic acids is 1. The van der Waals surface area contributed by atoms with Crippen LogP contribution in [0.5, 0.6) is 0 Å². The molecule has 4 rings (SSSR count). The molecule has 0 bridgehead atoms. The molecule has 2 heterocycles. The maximum atomic E-state index is 13.0. The van der Waals surface area contributed by atoms with Gasteiger partial charge in [0.1, 0.15) is 0 Å². The summed E-state index contributed by atoms with van der Waals surface area (Å²) in [6.45, 7) is 4.01. The molecule has 0 saturated heterocycles. The van der Waals surface area contributed by atoms with Gasteiger partial charge >= 0.3 is 0 Å². The number of hydrogen-bond donors (Lipinski definition) is 1. The van der Waals surface area contributed by atoms with Gasteiger partial charge in [0.2, 0.25) is 11.1 Å². The van der Waals surface area contributed by atoms with Gasteiger partial charge in [-0.1, -0.05) is 60.3 Å². The molecular weight excluding hydrogens is 344 g/mol. The molecule has 0 aliphatic carbocycles. The van der Waals surface area contributed by atoms with E-state index in [2.05, 4.69) is 28.2 Å². The van der Waals surface area contributed by atoms with E-state index in [1.165, 1.54) is 17.3 Å². The Kier molecular flexibility index (Phi) is 4.51. The summed E-state index contributed by atoms with van der Waals surface area (Å²) in [6.07, 6.45) is 0.901. The molecule has 1 N–H and O–H groups in total. The van der Waals surface area contributed by atoms with E-state index in [1.54, 1.807) is 0 Å². The number of thioether (sulfide) groups is 1. The second-order valence-corrected chi connectivity index (χ2v) is 7.79. The van der Waals surface area contributed by atoms with Crippen LogP contribution in [-0.4, -0.2) is 32.4 Å². The van der Waals surface area contributed by atoms with Gasteiger partial charge in [-0.25, -0.2) is 4.98 Å². The Morgan fingerprint density at radius 3 is 2.73 bits per heavy atom. The summed E-state index contributed by atoms with van der Waals surface area (Å²) in [5, 5.41) is 7.54. The molecule has 1 aromatic heterocycles. The fourth-order valence-corrected chi connectivity index (χ4v) is 4.10. The number of para-hydroxylation sites is 1. The van der Waals surface area contributed by atoms with E-state index in [0.717, 1.165) is 17.7 Å². The molecule has 0 spiro atoms. The average molecular weight is 364 g/mol. The van der Waals surface area contributed by atoms with Crippen molar-refractivity contribution in [1.82, 2.24) is 15.2 Å². The second-order valence-electron chi connectivity index (χ2n) is 6.48. The second kappa shape index (κ2) is 6.96. The predicted molar refractivity (Wildman–Crippen MR) is 104 cm³/mol. The number of benzene rings is 2. The largest absolute Gasteiger partial charge is 0.308 e. The van der Waals surface area contributed by atoms with Gasteiger partial charge in [-0.15, -0.1) is 5.10 Å². The minimum atomic E-state index is -0.261. The SMILES string of the molecule is C[C@@H](Sc1n[nH]c(-c2ccccc2)n1)C(=O)N1c2ccccc2C[C@@H]1C. The highest BCUT2D eigenvalue weighted by molar-refractivity contribution is 8.00. The molecule has 0 radical (unpaired) electrons. The van der Waals surface area contributed by atoms with Crippen LogP contribution in [0, 0.1) is 0 Å². The lowest BCUT2D eigenvalue weighted by atomic mass is 10.1. The Bertz CT molecular complexity index is 924. The maximum absolute atomic E-state index is 13.0. The predicted octanol–water partition coefficient (Wildman–Crippen LogP) is 3.93. The molecule has 2 aromatic carbocycles. The number of aromatic amines is 1. The molecule has 2 atom stereocenters. The molecule has 6 heteroatoms. The number of aromatic nitrogens is 3. The van der Waals surface area contributed by atoms with Crippen molar-refractivity contribution in [3.05, 3.63) is 60.2 Å². The summed E-state index contributed by atoms with van der Waals surface area (Å²) in [6, 6.07) is 18.1. The minimum Gasteiger partial charge on any atom is -0.308 e. The molecular formula is C20H20N4OS. The Labute approximate surface area is 156 Å². The summed E-state index contributed by atoms with van der Waals surface area (Å²) < 4.78 is 0. The van der Waals surface area contributed by atoms with Crippen LogP contribution < -0.4 is 4.90 Å². The first-order valence-corrected chi connectivity index (χ1v) is 9.57. The molecule has 1 amide bonds. The third kappa shape index (κ3) is 3.12. The number of amides is 1. The number of fused-ring (bicyclic) bond motifs is 1. The van der Waals surface area contributed by atoms with Crippen molar-refractivity contribution in [3.8, 4) is 11.4 Å². The van der Waals surface area contributed by atoms with Crippen LogP contribution in [0.2, 0.25) is 0 Å². The molecule has 1 aliphatic heterocycles. The number of nitrogens with zero attached hydrogens (tertiary/aromatic N) is 3. The summed E-state index contributed by atoms with van der Waals surface area (Å²) >= 11 is 1.39. The van der Waals surface area contributed by atoms with E-state index in [9.17, 15) is 4.79 Å². The molecule has 0 unspecified atom stereocenters. The Balaban J connectivity index is 1.50. The topological polar surface area (TPSA) is 61.9 Å². The zero-order chi connectivity index (χ0) is 18.1. The highest BCUT2D eigenvalue weighted by Crippen LogP contribution is 2.34. The normalized spacial score (nSPS) is 17.2. The first-order chi connectivity index (χ1) is 12.6. The molecule has 0 fully saturated rings. The molecule has 5 nitrogen and oxygen atoms in total. The van der Waals surface area contributed by atoms with Crippen LogP contribution in [0.1, 0.15) is 19.4 Å². The number of nitrogens with one attached hydrogen (secondary N) is 1. The molecule has 26 heavy (non-hydrogen) atoms. The van der Waals surface area contributed by atoms with Gasteiger partial charge in [0, 0.05) is 17.3 Å². The van der Waals surface area contributed by atoms with Gasteiger partial charge < -0.3 is 4.90 Å². The van der Waals surface area contributed by atoms with Crippen molar-refractivity contribution >= 4 is 23.4 Å². The van der Waals surface area contributed by atoms with Crippen molar-refractivity contribution < 1.29 is 4.79 Å². The maximum Gasteiger partial charge on any atom is 0.240 e. The average Bonchev–Trinajstić information content (AvgIpc) is 3.25. The Morgan fingerprint density at radius 1 is 1.19 bits per heavy atom. The van der Waals surface area contributed by atoms with E-state index in [4.69, 9.17) is 0 Å². The van der Waals surface area contributed by atoms with Crippen LogP contribution in [0.3, 0.4) is 0 Å². The first-order valence-electron chi connectivity index (χ1n) is 8.69. The fourth-order valence-electron chi connectivity index (χ4n) is 3.33. The first kappa shape index (κ1) is 16.8. The summed E-state index contributed by atoms with van der Waals surface area (Å²) in [5.74, 6) is 0.811. The monoisotopic (exact) mass is 364 g/mol. The van der Waals surface area contributed by atoms with Crippen molar-refractivity contribution in [2.75, 3.05) is 4.90 Å². The molecule has 3 aromatic rings. The van der Waals surface area contributed by atoms with Gasteiger partial charge in [0.05, 0.1) is 5.25 Å². The van der Waals surface area contributed by atoms with Crippen LogP contribution in [0.4, 0.5) is 5.69 Å². The lowest BCUT2D eigenvalue weighted by Crippen LogP contribution is -2.40. The van der Waals surface area contributed by atoms with Crippen LogP contribution in [0.15, 0.2) is 59.8 Å². The number of H-pyrrole nitrogens is 1.